The molecule has 1 saturated heterocycles. The second-order valence-corrected chi connectivity index (χ2v) is 2.54. The molecule has 0 aromatic heterocycles. The number of ether oxygens (including phenoxy) is 1. The van der Waals surface area contributed by atoms with E-state index in [4.69, 9.17) is 20.4 Å². The van der Waals surface area contributed by atoms with Gasteiger partial charge < -0.3 is 25.2 Å². The number of carbonyl (C=O) groups is 1. The van der Waals surface area contributed by atoms with E-state index in [9.17, 15) is 4.79 Å². The van der Waals surface area contributed by atoms with Crippen LogP contribution in [0.25, 0.3) is 0 Å². The van der Waals surface area contributed by atoms with Crippen LogP contribution in [0.3, 0.4) is 0 Å². The van der Waals surface area contributed by atoms with Crippen LogP contribution in [-0.2, 0) is 9.53 Å². The van der Waals surface area contributed by atoms with Gasteiger partial charge in [-0.3, -0.25) is 4.79 Å². The molecule has 1 rings (SSSR count). The van der Waals surface area contributed by atoms with Crippen molar-refractivity contribution in [3.8, 4) is 0 Å². The number of carbonyl (C=O) groups excluding carboxylic acids is 1. The molecule has 0 spiro atoms. The van der Waals surface area contributed by atoms with Crippen LogP contribution < -0.4 is 0 Å². The lowest BCUT2D eigenvalue weighted by Gasteiger charge is -2.12. The van der Waals surface area contributed by atoms with Gasteiger partial charge in [-0.25, -0.2) is 0 Å². The molecule has 0 bridgehead atoms. The topological polar surface area (TPSA) is 107 Å². The summed E-state index contributed by atoms with van der Waals surface area (Å²) in [5.41, 5.74) is 0. The van der Waals surface area contributed by atoms with Gasteiger partial charge in [0.1, 0.15) is 12.2 Å². The van der Waals surface area contributed by atoms with Gasteiger partial charge in [-0.05, 0) is 0 Å². The van der Waals surface area contributed by atoms with Crippen LogP contribution in [0.5, 0.6) is 0 Å². The van der Waals surface area contributed by atoms with Gasteiger partial charge in [-0.2, -0.15) is 0 Å². The summed E-state index contributed by atoms with van der Waals surface area (Å²) in [5, 5.41) is 35.0. The van der Waals surface area contributed by atoms with E-state index in [0.29, 0.717) is 0 Å². The first kappa shape index (κ1) is 9.56. The minimum atomic E-state index is -1.63. The van der Waals surface area contributed by atoms with E-state index in [-0.39, 0.29) is 0 Å². The summed E-state index contributed by atoms with van der Waals surface area (Å²) < 4.78 is 4.48. The molecule has 4 N–H and O–H groups in total. The van der Waals surface area contributed by atoms with Crippen molar-refractivity contribution in [1.29, 1.82) is 0 Å². The third-order valence-electron chi connectivity index (χ3n) is 1.66. The summed E-state index contributed by atoms with van der Waals surface area (Å²) in [4.78, 5) is 10.9. The summed E-state index contributed by atoms with van der Waals surface area (Å²) in [6.45, 7) is -0.657. The highest BCUT2D eigenvalue weighted by molar-refractivity contribution is 5.89. The van der Waals surface area contributed by atoms with Crippen LogP contribution in [0.1, 0.15) is 0 Å². The van der Waals surface area contributed by atoms with Crippen molar-refractivity contribution < 1.29 is 30.0 Å². The fourth-order valence-electron chi connectivity index (χ4n) is 0.977. The van der Waals surface area contributed by atoms with E-state index >= 15 is 0 Å². The van der Waals surface area contributed by atoms with Crippen LogP contribution >= 0.6 is 0 Å². The Kier molecular flexibility index (Phi) is 2.76. The molecule has 0 saturated carbocycles. The third kappa shape index (κ3) is 1.47. The molecule has 0 aromatic carbocycles. The Morgan fingerprint density at radius 2 is 2.08 bits per heavy atom. The molecule has 4 atom stereocenters. The maximum atomic E-state index is 10.9. The molecule has 1 aliphatic rings. The number of aliphatic hydroxyl groups excluding tert-OH is 4. The Morgan fingerprint density at radius 3 is 2.42 bits per heavy atom. The summed E-state index contributed by atoms with van der Waals surface area (Å²) in [5.74, 6) is -0.816. The maximum Gasteiger partial charge on any atom is 0.197 e. The normalized spacial score (nSPS) is 38.7. The number of rotatable bonds is 2. The molecule has 3 unspecified atom stereocenters. The lowest BCUT2D eigenvalue weighted by molar-refractivity contribution is -0.150. The average molecular weight is 178 g/mol. The van der Waals surface area contributed by atoms with Gasteiger partial charge >= 0.3 is 0 Å². The third-order valence-corrected chi connectivity index (χ3v) is 1.66. The highest BCUT2D eigenvalue weighted by atomic mass is 16.6. The minimum Gasteiger partial charge on any atom is -0.394 e. The Morgan fingerprint density at radius 1 is 1.50 bits per heavy atom. The zero-order valence-corrected chi connectivity index (χ0v) is 6.12. The van der Waals surface area contributed by atoms with Crippen molar-refractivity contribution in [2.45, 2.75) is 24.6 Å². The summed E-state index contributed by atoms with van der Waals surface area (Å²) in [6.07, 6.45) is -5.97. The van der Waals surface area contributed by atoms with Crippen LogP contribution in [0.15, 0.2) is 0 Å². The molecule has 70 valence electrons. The van der Waals surface area contributed by atoms with Crippen molar-refractivity contribution in [1.82, 2.24) is 0 Å². The molecular formula is C6H10O6. The van der Waals surface area contributed by atoms with Crippen molar-refractivity contribution in [3.05, 3.63) is 0 Å². The molecular weight excluding hydrogens is 168 g/mol. The largest absolute Gasteiger partial charge is 0.394 e. The zero-order chi connectivity index (χ0) is 9.30. The van der Waals surface area contributed by atoms with Crippen molar-refractivity contribution in [3.63, 3.8) is 0 Å². The number of ketones is 1. The van der Waals surface area contributed by atoms with Crippen LogP contribution in [0.2, 0.25) is 0 Å². The molecule has 6 heteroatoms. The van der Waals surface area contributed by atoms with Crippen LogP contribution in [0, 0.1) is 0 Å². The SMILES string of the molecule is O=C1C(O)C(O)O[C@@H]1C(O)CO. The van der Waals surface area contributed by atoms with Gasteiger partial charge in [0.15, 0.2) is 18.2 Å². The van der Waals surface area contributed by atoms with Gasteiger partial charge in [0, 0.05) is 0 Å². The smallest absolute Gasteiger partial charge is 0.197 e. The summed E-state index contributed by atoms with van der Waals surface area (Å²) in [6, 6.07) is 0. The average Bonchev–Trinajstić information content (AvgIpc) is 2.32. The van der Waals surface area contributed by atoms with Crippen LogP contribution in [-0.4, -0.2) is 57.4 Å². The molecule has 1 aliphatic heterocycles. The minimum absolute atomic E-state index is 0.657. The Bertz CT molecular complexity index is 181. The molecule has 0 amide bonds. The first-order valence-corrected chi connectivity index (χ1v) is 3.42. The summed E-state index contributed by atoms with van der Waals surface area (Å²) in [7, 11) is 0. The van der Waals surface area contributed by atoms with Crippen molar-refractivity contribution >= 4 is 5.78 Å². The van der Waals surface area contributed by atoms with E-state index in [2.05, 4.69) is 4.74 Å². The monoisotopic (exact) mass is 178 g/mol. The zero-order valence-electron chi connectivity index (χ0n) is 6.12. The highest BCUT2D eigenvalue weighted by Crippen LogP contribution is 2.17. The van der Waals surface area contributed by atoms with Gasteiger partial charge in [0.2, 0.25) is 0 Å². The van der Waals surface area contributed by atoms with Gasteiger partial charge in [-0.1, -0.05) is 0 Å². The number of aliphatic hydroxyl groups is 4. The van der Waals surface area contributed by atoms with Crippen LogP contribution in [0.4, 0.5) is 0 Å². The highest BCUT2D eigenvalue weighted by Gasteiger charge is 2.44. The Hall–Kier alpha value is -0.530. The molecule has 12 heavy (non-hydrogen) atoms. The van der Waals surface area contributed by atoms with E-state index in [0.717, 1.165) is 0 Å². The van der Waals surface area contributed by atoms with Gasteiger partial charge in [0.25, 0.3) is 0 Å². The molecule has 0 aromatic rings. The fraction of sp³-hybridized carbons (Fsp3) is 0.833. The van der Waals surface area contributed by atoms with E-state index in [1.165, 1.54) is 0 Å². The standard InChI is InChI=1S/C6H10O6/c7-1-2(8)5-3(9)4(10)6(11)12-5/h2,4-8,10-11H,1H2/t2?,4?,5-,6?/m1/s1. The molecule has 6 nitrogen and oxygen atoms in total. The van der Waals surface area contributed by atoms with E-state index in [1.807, 2.05) is 0 Å². The Balaban J connectivity index is 2.64. The Labute approximate surface area is 68.0 Å². The number of hydrogen-bond donors (Lipinski definition) is 4. The maximum absolute atomic E-state index is 10.9. The fourth-order valence-corrected chi connectivity index (χ4v) is 0.977. The quantitative estimate of drug-likeness (QED) is 0.358. The van der Waals surface area contributed by atoms with Gasteiger partial charge in [0.05, 0.1) is 6.61 Å². The second-order valence-electron chi connectivity index (χ2n) is 2.54. The first-order chi connectivity index (χ1) is 5.57. The molecule has 0 radical (unpaired) electrons. The molecule has 0 aliphatic carbocycles. The van der Waals surface area contributed by atoms with Crippen molar-refractivity contribution in [2.24, 2.45) is 0 Å². The number of hydrogen-bond acceptors (Lipinski definition) is 6. The predicted octanol–water partition coefficient (Wildman–Crippen LogP) is -3.01. The molecule has 1 fully saturated rings. The molecule has 1 heterocycles. The van der Waals surface area contributed by atoms with Crippen molar-refractivity contribution in [2.75, 3.05) is 6.61 Å². The number of Topliss-reactive ketones (excluding diaryl/α,β-unsaturated/α-hetero) is 1. The lowest BCUT2D eigenvalue weighted by Crippen LogP contribution is -2.36. The predicted molar refractivity (Wildman–Crippen MR) is 35.0 cm³/mol. The lowest BCUT2D eigenvalue weighted by atomic mass is 10.1. The second kappa shape index (κ2) is 3.46. The first-order valence-electron chi connectivity index (χ1n) is 3.42. The van der Waals surface area contributed by atoms with E-state index in [1.54, 1.807) is 0 Å². The summed E-state index contributed by atoms with van der Waals surface area (Å²) >= 11 is 0. The van der Waals surface area contributed by atoms with Gasteiger partial charge in [-0.15, -0.1) is 0 Å². The van der Waals surface area contributed by atoms with E-state index < -0.39 is 37.0 Å².